The molecule has 15 heavy (non-hydrogen) atoms. The fourth-order valence-corrected chi connectivity index (χ4v) is 1.54. The van der Waals surface area contributed by atoms with Gasteiger partial charge in [0.2, 0.25) is 0 Å². The lowest BCUT2D eigenvalue weighted by atomic mass is 10.1. The lowest BCUT2D eigenvalue weighted by Crippen LogP contribution is -2.06. The molecule has 0 unspecified atom stereocenters. The molecule has 0 spiro atoms. The second-order valence-corrected chi connectivity index (χ2v) is 3.47. The van der Waals surface area contributed by atoms with E-state index in [0.29, 0.717) is 11.3 Å². The van der Waals surface area contributed by atoms with Crippen LogP contribution in [-0.2, 0) is 11.2 Å². The Balaban J connectivity index is 2.52. The zero-order valence-electron chi connectivity index (χ0n) is 8.49. The molecule has 0 bridgehead atoms. The summed E-state index contributed by atoms with van der Waals surface area (Å²) in [7, 11) is 0. The van der Waals surface area contributed by atoms with Crippen LogP contribution in [0.5, 0.6) is 5.75 Å². The predicted octanol–water partition coefficient (Wildman–Crippen LogP) is 2.11. The molecule has 0 saturated heterocycles. The summed E-state index contributed by atoms with van der Waals surface area (Å²) in [6, 6.07) is 5.57. The number of rotatable bonds is 1. The smallest absolute Gasteiger partial charge is 0.196 e. The van der Waals surface area contributed by atoms with E-state index in [1.165, 1.54) is 6.08 Å². The Hall–Kier alpha value is -1.77. The first-order chi connectivity index (χ1) is 7.20. The zero-order chi connectivity index (χ0) is 10.8. The molecule has 0 fully saturated rings. The van der Waals surface area contributed by atoms with E-state index in [4.69, 9.17) is 4.74 Å². The van der Waals surface area contributed by atoms with Crippen molar-refractivity contribution in [2.75, 3.05) is 6.61 Å². The van der Waals surface area contributed by atoms with Gasteiger partial charge >= 0.3 is 0 Å². The molecule has 0 radical (unpaired) electrons. The van der Waals surface area contributed by atoms with Crippen LogP contribution >= 0.6 is 0 Å². The van der Waals surface area contributed by atoms with E-state index in [1.807, 2.05) is 19.1 Å². The van der Waals surface area contributed by atoms with Gasteiger partial charge in [-0.05, 0) is 24.1 Å². The number of ether oxygens (including phenoxy) is 1. The second kappa shape index (κ2) is 3.77. The number of aliphatic hydroxyl groups excluding tert-OH is 1. The zero-order valence-corrected chi connectivity index (χ0v) is 8.49. The topological polar surface area (TPSA) is 46.5 Å². The Morgan fingerprint density at radius 3 is 3.00 bits per heavy atom. The average molecular weight is 204 g/mol. The molecule has 78 valence electrons. The van der Waals surface area contributed by atoms with Gasteiger partial charge in [0.15, 0.2) is 12.4 Å². The number of hydrogen-bond donors (Lipinski definition) is 1. The van der Waals surface area contributed by atoms with E-state index in [1.54, 1.807) is 6.07 Å². The molecule has 0 aromatic heterocycles. The predicted molar refractivity (Wildman–Crippen MR) is 56.9 cm³/mol. The van der Waals surface area contributed by atoms with E-state index in [9.17, 15) is 9.90 Å². The van der Waals surface area contributed by atoms with E-state index in [2.05, 4.69) is 0 Å². The van der Waals surface area contributed by atoms with E-state index >= 15 is 0 Å². The van der Waals surface area contributed by atoms with Crippen LogP contribution in [-0.4, -0.2) is 17.5 Å². The van der Waals surface area contributed by atoms with Gasteiger partial charge in [0.1, 0.15) is 11.5 Å². The molecule has 1 aliphatic heterocycles. The summed E-state index contributed by atoms with van der Waals surface area (Å²) < 4.78 is 5.27. The number of fused-ring (bicyclic) bond motifs is 1. The third-order valence-corrected chi connectivity index (χ3v) is 2.40. The van der Waals surface area contributed by atoms with Crippen molar-refractivity contribution >= 4 is 11.5 Å². The Bertz CT molecular complexity index is 432. The highest BCUT2D eigenvalue weighted by molar-refractivity contribution is 5.97. The van der Waals surface area contributed by atoms with Gasteiger partial charge in [-0.1, -0.05) is 13.0 Å². The third kappa shape index (κ3) is 1.86. The third-order valence-electron chi connectivity index (χ3n) is 2.40. The van der Waals surface area contributed by atoms with Crippen LogP contribution in [0.15, 0.2) is 24.3 Å². The van der Waals surface area contributed by atoms with Crippen LogP contribution in [0.1, 0.15) is 18.1 Å². The van der Waals surface area contributed by atoms with Crippen LogP contribution in [0.2, 0.25) is 0 Å². The van der Waals surface area contributed by atoms with Gasteiger partial charge in [0.05, 0.1) is 5.56 Å². The van der Waals surface area contributed by atoms with Crippen LogP contribution in [0.3, 0.4) is 0 Å². The summed E-state index contributed by atoms with van der Waals surface area (Å²) in [5.41, 5.74) is 1.70. The highest BCUT2D eigenvalue weighted by Gasteiger charge is 2.15. The van der Waals surface area contributed by atoms with Gasteiger partial charge in [0.25, 0.3) is 0 Å². The van der Waals surface area contributed by atoms with Crippen LogP contribution < -0.4 is 4.74 Å². The molecule has 0 amide bonds. The van der Waals surface area contributed by atoms with Crippen molar-refractivity contribution in [1.29, 1.82) is 0 Å². The number of carbonyl (C=O) groups excluding carboxylic acids is 1. The monoisotopic (exact) mass is 204 g/mol. The maximum absolute atomic E-state index is 11.2. The lowest BCUT2D eigenvalue weighted by Gasteiger charge is -2.08. The van der Waals surface area contributed by atoms with Gasteiger partial charge in [-0.15, -0.1) is 0 Å². The largest absolute Gasteiger partial charge is 0.507 e. The van der Waals surface area contributed by atoms with E-state index in [-0.39, 0.29) is 18.1 Å². The van der Waals surface area contributed by atoms with Crippen molar-refractivity contribution in [2.45, 2.75) is 13.3 Å². The average Bonchev–Trinajstić information content (AvgIpc) is 2.38. The molecule has 1 aromatic rings. The van der Waals surface area contributed by atoms with Crippen molar-refractivity contribution in [3.05, 3.63) is 35.4 Å². The molecule has 1 heterocycles. The Kier molecular flexibility index (Phi) is 2.46. The molecule has 3 nitrogen and oxygen atoms in total. The van der Waals surface area contributed by atoms with Crippen molar-refractivity contribution in [1.82, 2.24) is 0 Å². The molecule has 1 aromatic carbocycles. The molecule has 0 atom stereocenters. The quantitative estimate of drug-likeness (QED) is 0.762. The lowest BCUT2D eigenvalue weighted by molar-refractivity contribution is -0.116. The minimum absolute atomic E-state index is 0.0113. The SMILES string of the molecule is CCc1ccc2c(c1)C(O)=CC(=O)CO2. The summed E-state index contributed by atoms with van der Waals surface area (Å²) in [6.45, 7) is 2.02. The first-order valence-corrected chi connectivity index (χ1v) is 4.90. The molecule has 1 aliphatic rings. The number of aryl methyl sites for hydroxylation is 1. The number of ketones is 1. The second-order valence-electron chi connectivity index (χ2n) is 3.47. The molecule has 0 saturated carbocycles. The molecular formula is C12H12O3. The summed E-state index contributed by atoms with van der Waals surface area (Å²) in [4.78, 5) is 11.2. The van der Waals surface area contributed by atoms with Crippen molar-refractivity contribution in [3.63, 3.8) is 0 Å². The number of aliphatic hydroxyl groups is 1. The van der Waals surface area contributed by atoms with Crippen molar-refractivity contribution in [2.24, 2.45) is 0 Å². The standard InChI is InChI=1S/C12H12O3/c1-2-8-3-4-12-10(5-8)11(14)6-9(13)7-15-12/h3-6,14H,2,7H2,1H3. The highest BCUT2D eigenvalue weighted by atomic mass is 16.5. The van der Waals surface area contributed by atoms with Crippen molar-refractivity contribution < 1.29 is 14.6 Å². The Morgan fingerprint density at radius 2 is 2.27 bits per heavy atom. The number of benzene rings is 1. The normalized spacial score (nSPS) is 15.0. The summed E-state index contributed by atoms with van der Waals surface area (Å²) >= 11 is 0. The molecule has 2 rings (SSSR count). The van der Waals surface area contributed by atoms with E-state index < -0.39 is 0 Å². The van der Waals surface area contributed by atoms with E-state index in [0.717, 1.165) is 12.0 Å². The Morgan fingerprint density at radius 1 is 1.47 bits per heavy atom. The minimum Gasteiger partial charge on any atom is -0.507 e. The number of carbonyl (C=O) groups is 1. The minimum atomic E-state index is -0.221. The number of hydrogen-bond acceptors (Lipinski definition) is 3. The fourth-order valence-electron chi connectivity index (χ4n) is 1.54. The fraction of sp³-hybridized carbons (Fsp3) is 0.250. The van der Waals surface area contributed by atoms with Gasteiger partial charge < -0.3 is 9.84 Å². The highest BCUT2D eigenvalue weighted by Crippen LogP contribution is 2.28. The van der Waals surface area contributed by atoms with Crippen LogP contribution in [0, 0.1) is 0 Å². The molecule has 3 heteroatoms. The molecule has 1 N–H and O–H groups in total. The maximum Gasteiger partial charge on any atom is 0.196 e. The summed E-state index contributed by atoms with van der Waals surface area (Å²) in [6.07, 6.45) is 2.10. The first kappa shape index (κ1) is 9.77. The van der Waals surface area contributed by atoms with Gasteiger partial charge in [-0.3, -0.25) is 4.79 Å². The molecule has 0 aliphatic carbocycles. The van der Waals surface area contributed by atoms with Crippen LogP contribution in [0.25, 0.3) is 5.76 Å². The first-order valence-electron chi connectivity index (χ1n) is 4.90. The maximum atomic E-state index is 11.2. The van der Waals surface area contributed by atoms with Gasteiger partial charge in [-0.2, -0.15) is 0 Å². The van der Waals surface area contributed by atoms with Gasteiger partial charge in [-0.25, -0.2) is 0 Å². The Labute approximate surface area is 88.0 Å². The molecular weight excluding hydrogens is 192 g/mol. The summed E-state index contributed by atoms with van der Waals surface area (Å²) in [5.74, 6) is 0.330. The van der Waals surface area contributed by atoms with Gasteiger partial charge in [0, 0.05) is 6.08 Å². The van der Waals surface area contributed by atoms with Crippen molar-refractivity contribution in [3.8, 4) is 5.75 Å². The van der Waals surface area contributed by atoms with Crippen LogP contribution in [0.4, 0.5) is 0 Å². The summed E-state index contributed by atoms with van der Waals surface area (Å²) in [5, 5.41) is 9.69.